The molecule has 0 aromatic heterocycles. The van der Waals surface area contributed by atoms with E-state index in [1.165, 1.54) is 6.07 Å². The van der Waals surface area contributed by atoms with Crippen molar-refractivity contribution < 1.29 is 22.7 Å². The highest BCUT2D eigenvalue weighted by Gasteiger charge is 2.31. The maximum Gasteiger partial charge on any atom is 0.416 e. The molecule has 1 aromatic carbocycles. The summed E-state index contributed by atoms with van der Waals surface area (Å²) in [6.07, 6.45) is -2.72. The van der Waals surface area contributed by atoms with E-state index < -0.39 is 17.6 Å². The van der Waals surface area contributed by atoms with Gasteiger partial charge in [0.15, 0.2) is 0 Å². The zero-order valence-corrected chi connectivity index (χ0v) is 11.8. The van der Waals surface area contributed by atoms with Crippen LogP contribution in [0.15, 0.2) is 18.2 Å². The van der Waals surface area contributed by atoms with Gasteiger partial charge in [-0.1, -0.05) is 13.3 Å². The summed E-state index contributed by atoms with van der Waals surface area (Å²) < 4.78 is 43.3. The summed E-state index contributed by atoms with van der Waals surface area (Å²) in [5.41, 5.74) is 4.89. The minimum absolute atomic E-state index is 0.0419. The lowest BCUT2D eigenvalue weighted by Crippen LogP contribution is -2.19. The predicted molar refractivity (Wildman–Crippen MR) is 73.7 cm³/mol. The van der Waals surface area contributed by atoms with Gasteiger partial charge in [-0.2, -0.15) is 13.2 Å². The molecule has 0 atom stereocenters. The molecule has 0 unspecified atom stereocenters. The lowest BCUT2D eigenvalue weighted by atomic mass is 10.1. The molecule has 0 aliphatic heterocycles. The molecule has 0 aliphatic carbocycles. The average molecular weight is 304 g/mol. The Morgan fingerprint density at radius 3 is 2.62 bits per heavy atom. The first-order valence-corrected chi connectivity index (χ1v) is 6.65. The zero-order valence-electron chi connectivity index (χ0n) is 11.8. The number of carbonyl (C=O) groups is 1. The van der Waals surface area contributed by atoms with Gasteiger partial charge in [-0.15, -0.1) is 0 Å². The van der Waals surface area contributed by atoms with E-state index in [0.717, 1.165) is 25.0 Å². The minimum Gasteiger partial charge on any atom is -0.372 e. The minimum atomic E-state index is -4.48. The van der Waals surface area contributed by atoms with Gasteiger partial charge < -0.3 is 15.8 Å². The van der Waals surface area contributed by atoms with E-state index in [1.54, 1.807) is 0 Å². The van der Waals surface area contributed by atoms with Gasteiger partial charge in [0.05, 0.1) is 5.56 Å². The van der Waals surface area contributed by atoms with Gasteiger partial charge in [0.25, 0.3) is 0 Å². The molecule has 7 heteroatoms. The van der Waals surface area contributed by atoms with Crippen molar-refractivity contribution in [3.63, 3.8) is 0 Å². The molecule has 0 saturated carbocycles. The van der Waals surface area contributed by atoms with Gasteiger partial charge in [0.1, 0.15) is 6.61 Å². The highest BCUT2D eigenvalue weighted by atomic mass is 19.4. The van der Waals surface area contributed by atoms with Crippen molar-refractivity contribution in [3.8, 4) is 0 Å². The smallest absolute Gasteiger partial charge is 0.372 e. The van der Waals surface area contributed by atoms with Crippen molar-refractivity contribution in [2.24, 2.45) is 5.73 Å². The van der Waals surface area contributed by atoms with Crippen molar-refractivity contribution in [1.29, 1.82) is 0 Å². The number of ether oxygens (including phenoxy) is 1. The monoisotopic (exact) mass is 304 g/mol. The molecule has 4 nitrogen and oxygen atoms in total. The van der Waals surface area contributed by atoms with E-state index in [2.05, 4.69) is 5.32 Å². The van der Waals surface area contributed by atoms with Crippen molar-refractivity contribution in [2.75, 3.05) is 18.5 Å². The fraction of sp³-hybridized carbons (Fsp3) is 0.500. The number of benzene rings is 1. The summed E-state index contributed by atoms with van der Waals surface area (Å²) in [7, 11) is 0. The quantitative estimate of drug-likeness (QED) is 0.761. The number of nitrogens with two attached hydrogens (primary N) is 1. The number of nitrogens with one attached hydrogen (secondary N) is 1. The van der Waals surface area contributed by atoms with Gasteiger partial charge in [0, 0.05) is 18.8 Å². The van der Waals surface area contributed by atoms with E-state index in [9.17, 15) is 18.0 Å². The molecule has 1 aromatic rings. The predicted octanol–water partition coefficient (Wildman–Crippen LogP) is 2.92. The SMILES string of the molecule is CCCCOCC(=O)Nc1cc(CN)cc(C(F)(F)F)c1. The van der Waals surface area contributed by atoms with Gasteiger partial charge in [-0.25, -0.2) is 0 Å². The van der Waals surface area contributed by atoms with Crippen LogP contribution in [0.25, 0.3) is 0 Å². The molecule has 1 rings (SSSR count). The number of rotatable bonds is 7. The van der Waals surface area contributed by atoms with E-state index in [1.807, 2.05) is 6.92 Å². The van der Waals surface area contributed by atoms with Crippen LogP contribution in [0.4, 0.5) is 18.9 Å². The van der Waals surface area contributed by atoms with Crippen LogP contribution in [-0.2, 0) is 22.3 Å². The van der Waals surface area contributed by atoms with Crippen LogP contribution in [-0.4, -0.2) is 19.1 Å². The standard InChI is InChI=1S/C14H19F3N2O2/c1-2-3-4-21-9-13(20)19-12-6-10(8-18)5-11(7-12)14(15,16)17/h5-7H,2-4,8-9,18H2,1H3,(H,19,20). The third-order valence-corrected chi connectivity index (χ3v) is 2.71. The second-order valence-corrected chi connectivity index (χ2v) is 4.57. The summed E-state index contributed by atoms with van der Waals surface area (Å²) in [5.74, 6) is -0.492. The van der Waals surface area contributed by atoms with E-state index in [0.29, 0.717) is 12.2 Å². The summed E-state index contributed by atoms with van der Waals surface area (Å²) in [6.45, 7) is 2.20. The molecule has 0 saturated heterocycles. The van der Waals surface area contributed by atoms with E-state index in [4.69, 9.17) is 10.5 Å². The fourth-order valence-corrected chi connectivity index (χ4v) is 1.65. The van der Waals surface area contributed by atoms with Crippen LogP contribution < -0.4 is 11.1 Å². The van der Waals surface area contributed by atoms with Gasteiger partial charge in [-0.05, 0) is 30.2 Å². The van der Waals surface area contributed by atoms with Crippen molar-refractivity contribution >= 4 is 11.6 Å². The number of halogens is 3. The second-order valence-electron chi connectivity index (χ2n) is 4.57. The third-order valence-electron chi connectivity index (χ3n) is 2.71. The Morgan fingerprint density at radius 1 is 1.33 bits per heavy atom. The lowest BCUT2D eigenvalue weighted by molar-refractivity contribution is -0.137. The molecule has 0 heterocycles. The molecule has 0 spiro atoms. The Hall–Kier alpha value is -1.60. The molecule has 118 valence electrons. The molecular weight excluding hydrogens is 285 g/mol. The Bertz CT molecular complexity index is 476. The van der Waals surface area contributed by atoms with Crippen LogP contribution >= 0.6 is 0 Å². The zero-order chi connectivity index (χ0) is 15.9. The second kappa shape index (κ2) is 7.99. The number of anilines is 1. The number of alkyl halides is 3. The van der Waals surface area contributed by atoms with Crippen LogP contribution in [0, 0.1) is 0 Å². The average Bonchev–Trinajstić information content (AvgIpc) is 2.42. The van der Waals surface area contributed by atoms with Crippen molar-refractivity contribution in [3.05, 3.63) is 29.3 Å². The molecular formula is C14H19F3N2O2. The van der Waals surface area contributed by atoms with Gasteiger partial charge in [-0.3, -0.25) is 4.79 Å². The molecule has 0 radical (unpaired) electrons. The van der Waals surface area contributed by atoms with Crippen LogP contribution in [0.5, 0.6) is 0 Å². The highest BCUT2D eigenvalue weighted by Crippen LogP contribution is 2.31. The number of unbranched alkanes of at least 4 members (excludes halogenated alkanes) is 1. The van der Waals surface area contributed by atoms with Gasteiger partial charge in [0.2, 0.25) is 5.91 Å². The number of hydrogen-bond acceptors (Lipinski definition) is 3. The Labute approximate surface area is 121 Å². The normalized spacial score (nSPS) is 11.5. The Balaban J connectivity index is 2.71. The number of hydrogen-bond donors (Lipinski definition) is 2. The number of amides is 1. The topological polar surface area (TPSA) is 64.3 Å². The number of carbonyl (C=O) groups excluding carboxylic acids is 1. The largest absolute Gasteiger partial charge is 0.416 e. The summed E-state index contributed by atoms with van der Waals surface area (Å²) in [5, 5.41) is 2.39. The van der Waals surface area contributed by atoms with Crippen molar-refractivity contribution in [1.82, 2.24) is 0 Å². The Kier molecular flexibility index (Phi) is 6.64. The molecule has 3 N–H and O–H groups in total. The first-order valence-electron chi connectivity index (χ1n) is 6.65. The summed E-state index contributed by atoms with van der Waals surface area (Å²) in [6, 6.07) is 3.26. The molecule has 21 heavy (non-hydrogen) atoms. The van der Waals surface area contributed by atoms with E-state index in [-0.39, 0.29) is 18.8 Å². The molecule has 1 amide bonds. The third kappa shape index (κ3) is 6.14. The van der Waals surface area contributed by atoms with E-state index >= 15 is 0 Å². The molecule has 0 bridgehead atoms. The maximum atomic E-state index is 12.7. The van der Waals surface area contributed by atoms with Crippen molar-refractivity contribution in [2.45, 2.75) is 32.5 Å². The first-order chi connectivity index (χ1) is 9.86. The molecule has 0 aliphatic rings. The highest BCUT2D eigenvalue weighted by molar-refractivity contribution is 5.91. The Morgan fingerprint density at radius 2 is 2.05 bits per heavy atom. The van der Waals surface area contributed by atoms with Gasteiger partial charge >= 0.3 is 6.18 Å². The molecule has 0 fully saturated rings. The van der Waals surface area contributed by atoms with Crippen LogP contribution in [0.3, 0.4) is 0 Å². The van der Waals surface area contributed by atoms with Crippen LogP contribution in [0.1, 0.15) is 30.9 Å². The maximum absolute atomic E-state index is 12.7. The summed E-state index contributed by atoms with van der Waals surface area (Å²) >= 11 is 0. The van der Waals surface area contributed by atoms with Crippen LogP contribution in [0.2, 0.25) is 0 Å². The first kappa shape index (κ1) is 17.5. The fourth-order valence-electron chi connectivity index (χ4n) is 1.65. The lowest BCUT2D eigenvalue weighted by Gasteiger charge is -2.12. The summed E-state index contributed by atoms with van der Waals surface area (Å²) in [4.78, 5) is 11.6.